The number of alkyl halides is 3. The number of β-lactam (4-membered cyclic amide) rings is 1. The number of rotatable bonds is 7. The fraction of sp³-hybridized carbons (Fsp3) is 0.667. The molecule has 3 atom stereocenters. The van der Waals surface area contributed by atoms with Crippen molar-refractivity contribution in [3.05, 3.63) is 0 Å². The van der Waals surface area contributed by atoms with Gasteiger partial charge in [-0.05, 0) is 0 Å². The molecule has 20 heavy (non-hydrogen) atoms. The number of halogens is 3. The molecule has 1 fully saturated rings. The van der Waals surface area contributed by atoms with Gasteiger partial charge in [0.05, 0.1) is 12.5 Å². The van der Waals surface area contributed by atoms with Crippen LogP contribution in [0.15, 0.2) is 0 Å². The number of carbonyl (C=O) groups is 3. The predicted molar refractivity (Wildman–Crippen MR) is 74.7 cm³/mol. The molecule has 0 aromatic rings. The Morgan fingerprint density at radius 3 is 2.65 bits per heavy atom. The van der Waals surface area contributed by atoms with Gasteiger partial charge in [0, 0.05) is 6.42 Å². The normalized spacial score (nSPS) is 23.3. The summed E-state index contributed by atoms with van der Waals surface area (Å²) in [6.07, 6.45) is -1.68. The maximum atomic E-state index is 11.4. The van der Waals surface area contributed by atoms with Crippen molar-refractivity contribution in [1.29, 1.82) is 0 Å². The minimum Gasteiger partial charge on any atom is -0.438 e. The lowest BCUT2D eigenvalue weighted by Crippen LogP contribution is -2.66. The van der Waals surface area contributed by atoms with Gasteiger partial charge in [0.15, 0.2) is 0 Å². The van der Waals surface area contributed by atoms with E-state index in [1.165, 1.54) is 0 Å². The van der Waals surface area contributed by atoms with Crippen molar-refractivity contribution in [2.75, 3.05) is 6.61 Å². The maximum Gasteiger partial charge on any atom is 0.295 e. The van der Waals surface area contributed by atoms with E-state index in [2.05, 4.69) is 28.0 Å². The molecule has 0 spiro atoms. The van der Waals surface area contributed by atoms with Gasteiger partial charge < -0.3 is 20.1 Å². The van der Waals surface area contributed by atoms with Crippen LogP contribution in [0.2, 0.25) is 0 Å². The van der Waals surface area contributed by atoms with Crippen molar-refractivity contribution in [3.8, 4) is 0 Å². The quantitative estimate of drug-likeness (QED) is 0.205. The largest absolute Gasteiger partial charge is 0.438 e. The Bertz CT molecular complexity index is 392. The SMILES string of the molecule is O=COC(C[C@H]1C(=O)N[C@@H]1NC(=O)S)OCC(Cl)(Cl)Cl. The van der Waals surface area contributed by atoms with Crippen LogP contribution in [0.3, 0.4) is 0 Å². The van der Waals surface area contributed by atoms with E-state index in [1.807, 2.05) is 0 Å². The molecule has 0 radical (unpaired) electrons. The topological polar surface area (TPSA) is 93.7 Å². The second-order valence-electron chi connectivity index (χ2n) is 3.87. The number of amides is 2. The van der Waals surface area contributed by atoms with Gasteiger partial charge in [-0.1, -0.05) is 47.4 Å². The Labute approximate surface area is 135 Å². The third kappa shape index (κ3) is 5.92. The minimum atomic E-state index is -1.68. The number of nitrogens with one attached hydrogen (secondary N) is 2. The van der Waals surface area contributed by atoms with Crippen LogP contribution < -0.4 is 10.6 Å². The number of hydrogen-bond donors (Lipinski definition) is 3. The summed E-state index contributed by atoms with van der Waals surface area (Å²) in [5, 5.41) is 4.24. The molecule has 1 heterocycles. The number of ether oxygens (including phenoxy) is 2. The van der Waals surface area contributed by atoms with Crippen molar-refractivity contribution in [2.24, 2.45) is 5.92 Å². The Kier molecular flexibility index (Phi) is 6.67. The summed E-state index contributed by atoms with van der Waals surface area (Å²) in [7, 11) is 0. The van der Waals surface area contributed by atoms with Crippen LogP contribution in [-0.2, 0) is 19.1 Å². The second-order valence-corrected chi connectivity index (χ2v) is 6.79. The van der Waals surface area contributed by atoms with Crippen molar-refractivity contribution in [2.45, 2.75) is 22.7 Å². The molecule has 2 amide bonds. The molecule has 114 valence electrons. The molecule has 1 saturated heterocycles. The van der Waals surface area contributed by atoms with Gasteiger partial charge >= 0.3 is 0 Å². The van der Waals surface area contributed by atoms with Crippen LogP contribution in [0.1, 0.15) is 6.42 Å². The zero-order chi connectivity index (χ0) is 15.3. The molecule has 0 bridgehead atoms. The Morgan fingerprint density at radius 2 is 2.20 bits per heavy atom. The summed E-state index contributed by atoms with van der Waals surface area (Å²) >= 11 is 20.0. The number of hydrogen-bond acceptors (Lipinski definition) is 5. The smallest absolute Gasteiger partial charge is 0.295 e. The number of thiol groups is 1. The summed E-state index contributed by atoms with van der Waals surface area (Å²) < 4.78 is 8.07. The molecule has 11 heteroatoms. The Hall–Kier alpha value is -0.410. The van der Waals surface area contributed by atoms with E-state index in [1.54, 1.807) is 0 Å². The van der Waals surface area contributed by atoms with E-state index in [-0.39, 0.29) is 25.4 Å². The fourth-order valence-corrected chi connectivity index (χ4v) is 1.88. The van der Waals surface area contributed by atoms with Crippen LogP contribution >= 0.6 is 47.4 Å². The zero-order valence-corrected chi connectivity index (χ0v) is 13.0. The van der Waals surface area contributed by atoms with Crippen molar-refractivity contribution in [3.63, 3.8) is 0 Å². The molecule has 7 nitrogen and oxygen atoms in total. The van der Waals surface area contributed by atoms with Gasteiger partial charge in [0.1, 0.15) is 6.17 Å². The van der Waals surface area contributed by atoms with Gasteiger partial charge in [-0.25, -0.2) is 0 Å². The molecule has 0 saturated carbocycles. The maximum absolute atomic E-state index is 11.4. The summed E-state index contributed by atoms with van der Waals surface area (Å²) in [6.45, 7) is -0.167. The van der Waals surface area contributed by atoms with E-state index in [0.717, 1.165) is 0 Å². The van der Waals surface area contributed by atoms with Crippen molar-refractivity contribution >= 4 is 65.1 Å². The lowest BCUT2D eigenvalue weighted by atomic mass is 9.93. The highest BCUT2D eigenvalue weighted by Gasteiger charge is 2.42. The highest BCUT2D eigenvalue weighted by molar-refractivity contribution is 7.96. The number of carbonyl (C=O) groups excluding carboxylic acids is 3. The van der Waals surface area contributed by atoms with Crippen LogP contribution in [0, 0.1) is 5.92 Å². The first-order chi connectivity index (χ1) is 9.23. The highest BCUT2D eigenvalue weighted by Crippen LogP contribution is 2.28. The molecular formula is C9H11Cl3N2O5S. The Morgan fingerprint density at radius 1 is 1.55 bits per heavy atom. The average Bonchev–Trinajstić information content (AvgIpc) is 2.30. The first-order valence-electron chi connectivity index (χ1n) is 5.30. The van der Waals surface area contributed by atoms with Crippen LogP contribution in [0.4, 0.5) is 4.79 Å². The first-order valence-corrected chi connectivity index (χ1v) is 6.88. The lowest BCUT2D eigenvalue weighted by Gasteiger charge is -2.37. The van der Waals surface area contributed by atoms with Gasteiger partial charge in [-0.3, -0.25) is 14.4 Å². The average molecular weight is 366 g/mol. The molecule has 1 aliphatic rings. The third-order valence-corrected chi connectivity index (χ3v) is 2.86. The van der Waals surface area contributed by atoms with E-state index < -0.39 is 27.4 Å². The summed E-state index contributed by atoms with van der Waals surface area (Å²) in [5.41, 5.74) is 0. The predicted octanol–water partition coefficient (Wildman–Crippen LogP) is 0.974. The third-order valence-electron chi connectivity index (χ3n) is 2.40. The summed E-state index contributed by atoms with van der Waals surface area (Å²) in [4.78, 5) is 32.6. The van der Waals surface area contributed by atoms with Crippen LogP contribution in [0.25, 0.3) is 0 Å². The van der Waals surface area contributed by atoms with Gasteiger partial charge in [-0.2, -0.15) is 0 Å². The van der Waals surface area contributed by atoms with Crippen molar-refractivity contribution in [1.82, 2.24) is 10.6 Å². The summed E-state index contributed by atoms with van der Waals surface area (Å²) in [5.74, 6) is -0.958. The van der Waals surface area contributed by atoms with E-state index in [0.29, 0.717) is 0 Å². The Balaban J connectivity index is 2.53. The van der Waals surface area contributed by atoms with E-state index in [4.69, 9.17) is 39.5 Å². The minimum absolute atomic E-state index is 0.00401. The van der Waals surface area contributed by atoms with Gasteiger partial charge in [0.25, 0.3) is 11.7 Å². The van der Waals surface area contributed by atoms with Gasteiger partial charge in [-0.15, -0.1) is 0 Å². The van der Waals surface area contributed by atoms with Gasteiger partial charge in [0.2, 0.25) is 16.0 Å². The van der Waals surface area contributed by atoms with Crippen molar-refractivity contribution < 1.29 is 23.9 Å². The van der Waals surface area contributed by atoms with Crippen LogP contribution in [-0.4, -0.2) is 40.5 Å². The molecule has 1 unspecified atom stereocenters. The molecule has 1 aliphatic heterocycles. The molecule has 1 rings (SSSR count). The molecule has 0 aliphatic carbocycles. The molecule has 0 aromatic carbocycles. The second kappa shape index (κ2) is 7.56. The van der Waals surface area contributed by atoms with E-state index in [9.17, 15) is 14.4 Å². The zero-order valence-electron chi connectivity index (χ0n) is 9.85. The lowest BCUT2D eigenvalue weighted by molar-refractivity contribution is -0.173. The monoisotopic (exact) mass is 364 g/mol. The highest BCUT2D eigenvalue weighted by atomic mass is 35.6. The standard InChI is InChI=1S/C9H11Cl3N2O5S/c10-9(11,12)2-18-5(19-3-15)1-4-6(13-7(4)16)14-8(17)20/h3-6H,1-2H2,(H,13,16)(H2,14,17,20)/t4-,5?,6-/m1/s1. The molecule has 2 N–H and O–H groups in total. The molecular weight excluding hydrogens is 355 g/mol. The van der Waals surface area contributed by atoms with E-state index >= 15 is 0 Å². The fourth-order valence-electron chi connectivity index (χ4n) is 1.55. The van der Waals surface area contributed by atoms with Crippen LogP contribution in [0.5, 0.6) is 0 Å². The first kappa shape index (κ1) is 17.6. The molecule has 0 aromatic heterocycles. The summed E-state index contributed by atoms with van der Waals surface area (Å²) in [6, 6.07) is 0.